The molecule has 1 heterocycles. The molecule has 0 bridgehead atoms. The Morgan fingerprint density at radius 2 is 1.32 bits per heavy atom. The fraction of sp³-hybridized carbons (Fsp3) is 0.846. The number of ether oxygens (including phenoxy) is 5. The molecule has 0 radical (unpaired) electrons. The van der Waals surface area contributed by atoms with Crippen molar-refractivity contribution in [3.8, 4) is 0 Å². The van der Waals surface area contributed by atoms with Gasteiger partial charge in [0, 0.05) is 39.5 Å². The Morgan fingerprint density at radius 3 is 1.82 bits per heavy atom. The van der Waals surface area contributed by atoms with E-state index in [9.17, 15) is 19.2 Å². The van der Waals surface area contributed by atoms with Gasteiger partial charge >= 0.3 is 6.09 Å². The number of likely N-dealkylation sites (tertiary alicyclic amines) is 1. The molecule has 4 amide bonds. The first-order valence-corrected chi connectivity index (χ1v) is 13.4. The Labute approximate surface area is 226 Å². The molecule has 1 atom stereocenters. The van der Waals surface area contributed by atoms with Crippen LogP contribution in [0.3, 0.4) is 0 Å². The normalized spacial score (nSPS) is 15.6. The van der Waals surface area contributed by atoms with Gasteiger partial charge in [-0.15, -0.1) is 0 Å². The van der Waals surface area contributed by atoms with Gasteiger partial charge in [0.15, 0.2) is 0 Å². The summed E-state index contributed by atoms with van der Waals surface area (Å²) in [5.41, 5.74) is 0. The van der Waals surface area contributed by atoms with Crippen LogP contribution in [0.25, 0.3) is 0 Å². The van der Waals surface area contributed by atoms with E-state index in [0.717, 1.165) is 0 Å². The first-order valence-electron chi connectivity index (χ1n) is 13.4. The molecule has 38 heavy (non-hydrogen) atoms. The second kappa shape index (κ2) is 18.9. The van der Waals surface area contributed by atoms with E-state index in [2.05, 4.69) is 0 Å². The summed E-state index contributed by atoms with van der Waals surface area (Å²) in [4.78, 5) is 52.4. The highest BCUT2D eigenvalue weighted by atomic mass is 16.6. The van der Waals surface area contributed by atoms with Gasteiger partial charge in [0.2, 0.25) is 17.7 Å². The Hall–Kier alpha value is -2.28. The van der Waals surface area contributed by atoms with E-state index in [1.165, 1.54) is 9.80 Å². The van der Waals surface area contributed by atoms with E-state index in [4.69, 9.17) is 23.7 Å². The summed E-state index contributed by atoms with van der Waals surface area (Å²) in [6.07, 6.45) is -0.0570. The average molecular weight is 546 g/mol. The van der Waals surface area contributed by atoms with E-state index >= 15 is 0 Å². The van der Waals surface area contributed by atoms with Crippen molar-refractivity contribution in [1.29, 1.82) is 0 Å². The van der Waals surface area contributed by atoms with Gasteiger partial charge in [0.1, 0.15) is 0 Å². The minimum absolute atomic E-state index is 0.0643. The Balaban J connectivity index is 1.92. The summed E-state index contributed by atoms with van der Waals surface area (Å²) >= 11 is 0. The van der Waals surface area contributed by atoms with Crippen molar-refractivity contribution in [3.05, 3.63) is 0 Å². The average Bonchev–Trinajstić information content (AvgIpc) is 3.15. The number of nitrogens with zero attached hydrogens (tertiary/aromatic N) is 3. The summed E-state index contributed by atoms with van der Waals surface area (Å²) in [5.74, 6) is -0.350. The van der Waals surface area contributed by atoms with Gasteiger partial charge in [-0.2, -0.15) is 0 Å². The van der Waals surface area contributed by atoms with Crippen LogP contribution < -0.4 is 0 Å². The molecule has 0 aromatic carbocycles. The van der Waals surface area contributed by atoms with Crippen molar-refractivity contribution in [3.63, 3.8) is 0 Å². The fourth-order valence-electron chi connectivity index (χ4n) is 3.54. The number of likely N-dealkylation sites (N-methyl/N-ethyl adjacent to an activating group) is 2. The molecule has 1 aliphatic rings. The zero-order valence-electron chi connectivity index (χ0n) is 23.9. The number of hydrogen-bond donors (Lipinski definition) is 0. The third-order valence-corrected chi connectivity index (χ3v) is 5.96. The molecule has 12 nitrogen and oxygen atoms in total. The monoisotopic (exact) mass is 545 g/mol. The number of rotatable bonds is 20. The van der Waals surface area contributed by atoms with Crippen LogP contribution in [0.5, 0.6) is 0 Å². The second-order valence-electron chi connectivity index (χ2n) is 9.81. The van der Waals surface area contributed by atoms with Crippen molar-refractivity contribution in [2.24, 2.45) is 11.8 Å². The molecule has 0 spiro atoms. The molecule has 0 aromatic rings. The summed E-state index contributed by atoms with van der Waals surface area (Å²) < 4.78 is 26.9. The third kappa shape index (κ3) is 13.5. The van der Waals surface area contributed by atoms with Gasteiger partial charge in [-0.05, 0) is 19.8 Å². The first kappa shape index (κ1) is 33.7. The zero-order chi connectivity index (χ0) is 28.5. The number of hydrogen-bond acceptors (Lipinski definition) is 9. The van der Waals surface area contributed by atoms with Crippen LogP contribution in [0.2, 0.25) is 0 Å². The lowest BCUT2D eigenvalue weighted by molar-refractivity contribution is -0.140. The highest BCUT2D eigenvalue weighted by molar-refractivity contribution is 6.03. The molecule has 220 valence electrons. The summed E-state index contributed by atoms with van der Waals surface area (Å²) in [7, 11) is 3.33. The molecule has 0 aliphatic carbocycles. The molecule has 12 heteroatoms. The van der Waals surface area contributed by atoms with Gasteiger partial charge in [-0.25, -0.2) is 4.79 Å². The standard InChI is InChI=1S/C26H47N3O9/c1-20(2)22-19-24(31)29(25(22)32)10-12-35-14-16-37-18-17-36-15-13-34-11-7-23(30)27(5)8-9-28(6)26(33)38-21(3)4/h20-22H,7-19H2,1-6H3. The Kier molecular flexibility index (Phi) is 16.8. The lowest BCUT2D eigenvalue weighted by Crippen LogP contribution is -2.38. The molecule has 0 aromatic heterocycles. The van der Waals surface area contributed by atoms with Gasteiger partial charge in [-0.3, -0.25) is 19.3 Å². The van der Waals surface area contributed by atoms with E-state index in [1.54, 1.807) is 32.8 Å². The van der Waals surface area contributed by atoms with Crippen LogP contribution >= 0.6 is 0 Å². The van der Waals surface area contributed by atoms with E-state index in [-0.39, 0.29) is 55.0 Å². The third-order valence-electron chi connectivity index (χ3n) is 5.96. The molecule has 1 rings (SSSR count). The number of imide groups is 1. The highest BCUT2D eigenvalue weighted by Gasteiger charge is 2.39. The van der Waals surface area contributed by atoms with Crippen LogP contribution in [-0.2, 0) is 38.1 Å². The quantitative estimate of drug-likeness (QED) is 0.165. The second-order valence-corrected chi connectivity index (χ2v) is 9.81. The van der Waals surface area contributed by atoms with Crippen molar-refractivity contribution < 1.29 is 42.9 Å². The maximum absolute atomic E-state index is 12.2. The number of carbonyl (C=O) groups excluding carboxylic acids is 4. The number of carbonyl (C=O) groups is 4. The highest BCUT2D eigenvalue weighted by Crippen LogP contribution is 2.25. The zero-order valence-corrected chi connectivity index (χ0v) is 23.9. The Bertz CT molecular complexity index is 733. The van der Waals surface area contributed by atoms with E-state index in [0.29, 0.717) is 65.9 Å². The minimum Gasteiger partial charge on any atom is -0.447 e. The maximum Gasteiger partial charge on any atom is 0.409 e. The van der Waals surface area contributed by atoms with Gasteiger partial charge in [0.05, 0.1) is 71.9 Å². The van der Waals surface area contributed by atoms with Crippen LogP contribution in [0.1, 0.15) is 40.5 Å². The van der Waals surface area contributed by atoms with Crippen LogP contribution in [-0.4, -0.2) is 131 Å². The molecule has 0 N–H and O–H groups in total. The van der Waals surface area contributed by atoms with Crippen molar-refractivity contribution in [2.75, 3.05) is 86.6 Å². The lowest BCUT2D eigenvalue weighted by atomic mass is 9.94. The molecule has 1 fully saturated rings. The van der Waals surface area contributed by atoms with Crippen molar-refractivity contribution in [2.45, 2.75) is 46.6 Å². The Morgan fingerprint density at radius 1 is 0.816 bits per heavy atom. The molecular formula is C26H47N3O9. The molecule has 0 saturated carbocycles. The van der Waals surface area contributed by atoms with Crippen LogP contribution in [0.4, 0.5) is 4.79 Å². The fourth-order valence-corrected chi connectivity index (χ4v) is 3.54. The smallest absolute Gasteiger partial charge is 0.409 e. The summed E-state index contributed by atoms with van der Waals surface area (Å²) in [6, 6.07) is 0. The number of amides is 4. The minimum atomic E-state index is -0.409. The van der Waals surface area contributed by atoms with Gasteiger partial charge < -0.3 is 33.5 Å². The largest absolute Gasteiger partial charge is 0.447 e. The molecule has 1 unspecified atom stereocenters. The lowest BCUT2D eigenvalue weighted by Gasteiger charge is -2.23. The first-order chi connectivity index (χ1) is 18.0. The van der Waals surface area contributed by atoms with Gasteiger partial charge in [-0.1, -0.05) is 13.8 Å². The SMILES string of the molecule is CC(C)OC(=O)N(C)CCN(C)C(=O)CCOCCOCCOCCOCCN1C(=O)CC(C(C)C)C1=O. The van der Waals surface area contributed by atoms with Gasteiger partial charge in [0.25, 0.3) is 0 Å². The van der Waals surface area contributed by atoms with Crippen molar-refractivity contribution in [1.82, 2.24) is 14.7 Å². The topological polar surface area (TPSA) is 124 Å². The maximum atomic E-state index is 12.2. The van der Waals surface area contributed by atoms with Crippen molar-refractivity contribution >= 4 is 23.8 Å². The molecule has 1 saturated heterocycles. The predicted molar refractivity (Wildman–Crippen MR) is 139 cm³/mol. The molecule has 1 aliphatic heterocycles. The van der Waals surface area contributed by atoms with Crippen LogP contribution in [0, 0.1) is 11.8 Å². The summed E-state index contributed by atoms with van der Waals surface area (Å²) in [6.45, 7) is 11.5. The van der Waals surface area contributed by atoms with E-state index < -0.39 is 6.09 Å². The molecular weight excluding hydrogens is 498 g/mol. The summed E-state index contributed by atoms with van der Waals surface area (Å²) in [5, 5.41) is 0. The predicted octanol–water partition coefficient (Wildman–Crippen LogP) is 1.41. The van der Waals surface area contributed by atoms with E-state index in [1.807, 2.05) is 13.8 Å². The van der Waals surface area contributed by atoms with Crippen LogP contribution in [0.15, 0.2) is 0 Å².